The second-order valence-electron chi connectivity index (χ2n) is 5.73. The van der Waals surface area contributed by atoms with Crippen molar-refractivity contribution >= 4 is 0 Å². The fourth-order valence-electron chi connectivity index (χ4n) is 2.73. The van der Waals surface area contributed by atoms with Gasteiger partial charge in [0.05, 0.1) is 18.3 Å². The zero-order valence-corrected chi connectivity index (χ0v) is 12.2. The van der Waals surface area contributed by atoms with Crippen molar-refractivity contribution in [1.29, 1.82) is 0 Å². The summed E-state index contributed by atoms with van der Waals surface area (Å²) in [5, 5.41) is 10.2. The van der Waals surface area contributed by atoms with Gasteiger partial charge in [-0.15, -0.1) is 0 Å². The first-order chi connectivity index (χ1) is 9.04. The van der Waals surface area contributed by atoms with Gasteiger partial charge in [0.1, 0.15) is 0 Å². The highest BCUT2D eigenvalue weighted by Crippen LogP contribution is 2.19. The average molecular weight is 263 g/mol. The van der Waals surface area contributed by atoms with E-state index in [1.54, 1.807) is 0 Å². The van der Waals surface area contributed by atoms with Crippen LogP contribution in [0.2, 0.25) is 0 Å². The van der Waals surface area contributed by atoms with Gasteiger partial charge >= 0.3 is 0 Å². The van der Waals surface area contributed by atoms with Crippen molar-refractivity contribution in [2.24, 2.45) is 0 Å². The number of hydrogen-bond donors (Lipinski definition) is 1. The number of rotatable bonds is 4. The van der Waals surface area contributed by atoms with Gasteiger partial charge in [-0.05, 0) is 32.8 Å². The third-order valence-corrected chi connectivity index (χ3v) is 3.68. The maximum atomic E-state index is 10.2. The number of aryl methyl sites for hydroxylation is 1. The van der Waals surface area contributed by atoms with E-state index in [1.165, 1.54) is 5.56 Å². The maximum absolute atomic E-state index is 10.2. The number of nitrogens with zero attached hydrogens (tertiary/aromatic N) is 1. The molecule has 1 unspecified atom stereocenters. The van der Waals surface area contributed by atoms with Crippen LogP contribution in [-0.4, -0.2) is 41.8 Å². The van der Waals surface area contributed by atoms with Crippen molar-refractivity contribution in [2.75, 3.05) is 19.6 Å². The van der Waals surface area contributed by atoms with Gasteiger partial charge < -0.3 is 9.84 Å². The van der Waals surface area contributed by atoms with Crippen LogP contribution in [0.3, 0.4) is 0 Å². The lowest BCUT2D eigenvalue weighted by Crippen LogP contribution is -2.45. The van der Waals surface area contributed by atoms with E-state index < -0.39 is 0 Å². The molecule has 1 heterocycles. The Morgan fingerprint density at radius 2 is 1.79 bits per heavy atom. The number of aliphatic hydroxyl groups excluding tert-OH is 1. The van der Waals surface area contributed by atoms with E-state index in [1.807, 2.05) is 12.1 Å². The average Bonchev–Trinajstić information content (AvgIpc) is 2.36. The maximum Gasteiger partial charge on any atom is 0.0802 e. The van der Waals surface area contributed by atoms with E-state index in [4.69, 9.17) is 4.74 Å². The Hall–Kier alpha value is -0.900. The van der Waals surface area contributed by atoms with Crippen LogP contribution in [0.15, 0.2) is 24.3 Å². The van der Waals surface area contributed by atoms with Crippen molar-refractivity contribution in [1.82, 2.24) is 4.90 Å². The molecule has 0 radical (unpaired) electrons. The van der Waals surface area contributed by atoms with E-state index in [-0.39, 0.29) is 6.10 Å². The summed E-state index contributed by atoms with van der Waals surface area (Å²) in [7, 11) is 0. The van der Waals surface area contributed by atoms with Crippen LogP contribution in [0.25, 0.3) is 0 Å². The molecule has 106 valence electrons. The molecular formula is C16H25NO2. The molecule has 0 aliphatic carbocycles. The number of ether oxygens (including phenoxy) is 1. The van der Waals surface area contributed by atoms with E-state index >= 15 is 0 Å². The van der Waals surface area contributed by atoms with E-state index in [0.29, 0.717) is 12.2 Å². The van der Waals surface area contributed by atoms with Crippen LogP contribution in [0.5, 0.6) is 0 Å². The summed E-state index contributed by atoms with van der Waals surface area (Å²) < 4.78 is 5.72. The van der Waals surface area contributed by atoms with Gasteiger partial charge in [0.25, 0.3) is 0 Å². The van der Waals surface area contributed by atoms with Gasteiger partial charge in [-0.2, -0.15) is 0 Å². The smallest absolute Gasteiger partial charge is 0.0802 e. The summed E-state index contributed by atoms with van der Waals surface area (Å²) in [6, 6.07) is 8.14. The molecule has 0 aromatic heterocycles. The fraction of sp³-hybridized carbons (Fsp3) is 0.625. The fourth-order valence-corrected chi connectivity index (χ4v) is 2.73. The van der Waals surface area contributed by atoms with Gasteiger partial charge in [0.2, 0.25) is 0 Å². The first-order valence-corrected chi connectivity index (χ1v) is 7.17. The predicted octanol–water partition coefficient (Wildman–Crippen LogP) is 2.53. The van der Waals surface area contributed by atoms with Crippen LogP contribution in [0, 0.1) is 6.92 Å². The van der Waals surface area contributed by atoms with E-state index in [2.05, 4.69) is 37.8 Å². The van der Waals surface area contributed by atoms with Crippen molar-refractivity contribution < 1.29 is 9.84 Å². The van der Waals surface area contributed by atoms with Gasteiger partial charge in [-0.1, -0.05) is 29.8 Å². The first kappa shape index (κ1) is 14.5. The summed E-state index contributed by atoms with van der Waals surface area (Å²) in [6.07, 6.45) is 0.997. The Bertz CT molecular complexity index is 380. The van der Waals surface area contributed by atoms with Gasteiger partial charge in [0, 0.05) is 19.6 Å². The lowest BCUT2D eigenvalue weighted by molar-refractivity contribution is -0.0702. The van der Waals surface area contributed by atoms with Crippen LogP contribution in [0.4, 0.5) is 0 Å². The van der Waals surface area contributed by atoms with Crippen molar-refractivity contribution in [2.45, 2.75) is 45.5 Å². The normalized spacial score (nSPS) is 26.3. The Balaban J connectivity index is 1.83. The molecule has 3 atom stereocenters. The van der Waals surface area contributed by atoms with Gasteiger partial charge in [0.15, 0.2) is 0 Å². The van der Waals surface area contributed by atoms with Crippen molar-refractivity contribution in [3.63, 3.8) is 0 Å². The molecule has 0 bridgehead atoms. The van der Waals surface area contributed by atoms with Crippen LogP contribution >= 0.6 is 0 Å². The molecule has 2 rings (SSSR count). The monoisotopic (exact) mass is 263 g/mol. The Morgan fingerprint density at radius 3 is 2.37 bits per heavy atom. The molecule has 0 spiro atoms. The Kier molecular flexibility index (Phi) is 4.97. The largest absolute Gasteiger partial charge is 0.388 e. The summed E-state index contributed by atoms with van der Waals surface area (Å²) in [4.78, 5) is 2.39. The Morgan fingerprint density at radius 1 is 1.21 bits per heavy atom. The van der Waals surface area contributed by atoms with Crippen molar-refractivity contribution in [3.8, 4) is 0 Å². The lowest BCUT2D eigenvalue weighted by Gasteiger charge is -2.35. The molecule has 1 aliphatic heterocycles. The zero-order valence-electron chi connectivity index (χ0n) is 12.2. The SMILES string of the molecule is Cc1ccc(C(O)CCN2C[C@@H](C)O[C@@H](C)C2)cc1. The molecular weight excluding hydrogens is 238 g/mol. The topological polar surface area (TPSA) is 32.7 Å². The van der Waals surface area contributed by atoms with Gasteiger partial charge in [-0.25, -0.2) is 0 Å². The van der Waals surface area contributed by atoms with E-state index in [9.17, 15) is 5.11 Å². The Labute approximate surface area is 116 Å². The zero-order chi connectivity index (χ0) is 13.8. The summed E-state index contributed by atoms with van der Waals surface area (Å²) in [5.74, 6) is 0. The summed E-state index contributed by atoms with van der Waals surface area (Å²) >= 11 is 0. The highest BCUT2D eigenvalue weighted by Gasteiger charge is 2.22. The van der Waals surface area contributed by atoms with Crippen LogP contribution in [-0.2, 0) is 4.74 Å². The summed E-state index contributed by atoms with van der Waals surface area (Å²) in [6.45, 7) is 9.13. The molecule has 0 amide bonds. The van der Waals surface area contributed by atoms with Gasteiger partial charge in [-0.3, -0.25) is 4.90 Å². The molecule has 3 nitrogen and oxygen atoms in total. The predicted molar refractivity (Wildman–Crippen MR) is 77.2 cm³/mol. The number of hydrogen-bond acceptors (Lipinski definition) is 3. The third-order valence-electron chi connectivity index (χ3n) is 3.68. The number of morpholine rings is 1. The molecule has 1 N–H and O–H groups in total. The highest BCUT2D eigenvalue weighted by molar-refractivity contribution is 5.23. The molecule has 19 heavy (non-hydrogen) atoms. The number of benzene rings is 1. The molecule has 1 fully saturated rings. The summed E-state index contributed by atoms with van der Waals surface area (Å²) in [5.41, 5.74) is 2.24. The minimum absolute atomic E-state index is 0.292. The number of aliphatic hydroxyl groups is 1. The molecule has 1 aromatic rings. The minimum Gasteiger partial charge on any atom is -0.388 e. The quantitative estimate of drug-likeness (QED) is 0.906. The molecule has 1 aliphatic rings. The second kappa shape index (κ2) is 6.51. The molecule has 1 aromatic carbocycles. The van der Waals surface area contributed by atoms with Crippen molar-refractivity contribution in [3.05, 3.63) is 35.4 Å². The van der Waals surface area contributed by atoms with Crippen LogP contribution in [0.1, 0.15) is 37.5 Å². The van der Waals surface area contributed by atoms with E-state index in [0.717, 1.165) is 31.6 Å². The lowest BCUT2D eigenvalue weighted by atomic mass is 10.0. The molecule has 3 heteroatoms. The molecule has 0 saturated carbocycles. The third kappa shape index (κ3) is 4.30. The standard InChI is InChI=1S/C16H25NO2/c1-12-4-6-15(7-5-12)16(18)8-9-17-10-13(2)19-14(3)11-17/h4-7,13-14,16,18H,8-11H2,1-3H3/t13-,14+,16?. The first-order valence-electron chi connectivity index (χ1n) is 7.17. The second-order valence-corrected chi connectivity index (χ2v) is 5.73. The van der Waals surface area contributed by atoms with Crippen LogP contribution < -0.4 is 0 Å². The minimum atomic E-state index is -0.367. The molecule has 1 saturated heterocycles. The highest BCUT2D eigenvalue weighted by atomic mass is 16.5.